The van der Waals surface area contributed by atoms with Crippen LogP contribution in [0.15, 0.2) is 24.5 Å². The van der Waals surface area contributed by atoms with Gasteiger partial charge >= 0.3 is 0 Å². The minimum atomic E-state index is 0.0189. The zero-order valence-corrected chi connectivity index (χ0v) is 11.7. The first-order valence-electron chi connectivity index (χ1n) is 7.00. The molecule has 0 saturated carbocycles. The summed E-state index contributed by atoms with van der Waals surface area (Å²) in [6.07, 6.45) is 4.72. The highest BCUT2D eigenvalue weighted by atomic mass is 16.2. The van der Waals surface area contributed by atoms with Crippen molar-refractivity contribution in [3.63, 3.8) is 0 Å². The van der Waals surface area contributed by atoms with Gasteiger partial charge in [0.15, 0.2) is 0 Å². The molecule has 20 heavy (non-hydrogen) atoms. The van der Waals surface area contributed by atoms with Crippen LogP contribution in [-0.4, -0.2) is 34.9 Å². The van der Waals surface area contributed by atoms with E-state index in [0.717, 1.165) is 18.5 Å². The molecule has 0 radical (unpaired) electrons. The normalized spacial score (nSPS) is 21.4. The first kappa shape index (κ1) is 14.5. The van der Waals surface area contributed by atoms with Crippen LogP contribution >= 0.6 is 0 Å². The standard InChI is InChI=1S/C15H20N4O/c1-12-14(5-8-18-12)15(20)19(9-3-6-16)11-13-4-2-7-17-10-13/h2,4,7,10,12,14,18H,3,5,8-9,11H2,1H3. The lowest BCUT2D eigenvalue weighted by Gasteiger charge is -2.26. The number of nitriles is 1. The SMILES string of the molecule is CC1NCCC1C(=O)N(CCC#N)Cc1cccnc1. The first-order valence-corrected chi connectivity index (χ1v) is 7.00. The van der Waals surface area contributed by atoms with Crippen molar-refractivity contribution < 1.29 is 4.79 Å². The molecule has 1 aliphatic rings. The summed E-state index contributed by atoms with van der Waals surface area (Å²) < 4.78 is 0. The fourth-order valence-electron chi connectivity index (χ4n) is 2.59. The van der Waals surface area contributed by atoms with E-state index in [4.69, 9.17) is 5.26 Å². The van der Waals surface area contributed by atoms with Crippen LogP contribution in [0.5, 0.6) is 0 Å². The fraction of sp³-hybridized carbons (Fsp3) is 0.533. The molecule has 1 aliphatic heterocycles. The minimum Gasteiger partial charge on any atom is -0.337 e. The van der Waals surface area contributed by atoms with Crippen LogP contribution in [0.25, 0.3) is 0 Å². The van der Waals surface area contributed by atoms with Crippen LogP contribution in [-0.2, 0) is 11.3 Å². The van der Waals surface area contributed by atoms with Gasteiger partial charge in [-0.25, -0.2) is 0 Å². The van der Waals surface area contributed by atoms with Crippen molar-refractivity contribution >= 4 is 5.91 Å². The summed E-state index contributed by atoms with van der Waals surface area (Å²) in [4.78, 5) is 18.5. The van der Waals surface area contributed by atoms with Gasteiger partial charge in [0.25, 0.3) is 0 Å². The number of pyridine rings is 1. The summed E-state index contributed by atoms with van der Waals surface area (Å²) in [5, 5.41) is 12.1. The van der Waals surface area contributed by atoms with Gasteiger partial charge in [0.1, 0.15) is 0 Å². The van der Waals surface area contributed by atoms with Crippen molar-refractivity contribution in [2.75, 3.05) is 13.1 Å². The monoisotopic (exact) mass is 272 g/mol. The summed E-state index contributed by atoms with van der Waals surface area (Å²) >= 11 is 0. The highest BCUT2D eigenvalue weighted by Gasteiger charge is 2.32. The molecule has 2 unspecified atom stereocenters. The maximum absolute atomic E-state index is 12.6. The highest BCUT2D eigenvalue weighted by molar-refractivity contribution is 5.80. The number of amides is 1. The number of nitrogens with one attached hydrogen (secondary N) is 1. The first-order chi connectivity index (χ1) is 9.72. The van der Waals surface area contributed by atoms with Gasteiger partial charge in [-0.1, -0.05) is 6.07 Å². The summed E-state index contributed by atoms with van der Waals surface area (Å²) in [5.41, 5.74) is 0.998. The molecular weight excluding hydrogens is 252 g/mol. The van der Waals surface area contributed by atoms with Crippen LogP contribution in [0, 0.1) is 17.2 Å². The van der Waals surface area contributed by atoms with Crippen molar-refractivity contribution in [1.82, 2.24) is 15.2 Å². The topological polar surface area (TPSA) is 69.0 Å². The largest absolute Gasteiger partial charge is 0.337 e. The summed E-state index contributed by atoms with van der Waals surface area (Å²) in [6.45, 7) is 3.93. The Kier molecular flexibility index (Phi) is 5.08. The fourth-order valence-corrected chi connectivity index (χ4v) is 2.59. The van der Waals surface area contributed by atoms with Crippen molar-refractivity contribution in [3.8, 4) is 6.07 Å². The molecule has 0 aromatic carbocycles. The molecule has 1 aromatic heterocycles. The van der Waals surface area contributed by atoms with Gasteiger partial charge in [-0.15, -0.1) is 0 Å². The smallest absolute Gasteiger partial charge is 0.227 e. The lowest BCUT2D eigenvalue weighted by Crippen LogP contribution is -2.40. The second kappa shape index (κ2) is 7.01. The van der Waals surface area contributed by atoms with E-state index in [-0.39, 0.29) is 17.9 Å². The van der Waals surface area contributed by atoms with E-state index in [0.29, 0.717) is 19.5 Å². The summed E-state index contributed by atoms with van der Waals surface area (Å²) in [7, 11) is 0. The van der Waals surface area contributed by atoms with Crippen molar-refractivity contribution in [1.29, 1.82) is 5.26 Å². The Hall–Kier alpha value is -1.93. The Morgan fingerprint density at radius 2 is 2.50 bits per heavy atom. The van der Waals surface area contributed by atoms with Crippen LogP contribution < -0.4 is 5.32 Å². The van der Waals surface area contributed by atoms with E-state index in [2.05, 4.69) is 16.4 Å². The molecule has 0 spiro atoms. The van der Waals surface area contributed by atoms with E-state index < -0.39 is 0 Å². The molecular formula is C15H20N4O. The van der Waals surface area contributed by atoms with Crippen LogP contribution in [0.2, 0.25) is 0 Å². The second-order valence-corrected chi connectivity index (χ2v) is 5.17. The molecule has 0 aliphatic carbocycles. The van der Waals surface area contributed by atoms with Gasteiger partial charge in [-0.05, 0) is 31.5 Å². The predicted octanol–water partition coefficient (Wildman–Crippen LogP) is 1.32. The predicted molar refractivity (Wildman–Crippen MR) is 75.5 cm³/mol. The van der Waals surface area contributed by atoms with Crippen molar-refractivity contribution in [3.05, 3.63) is 30.1 Å². The van der Waals surface area contributed by atoms with Gasteiger partial charge in [0, 0.05) is 31.5 Å². The lowest BCUT2D eigenvalue weighted by atomic mass is 10.00. The molecule has 2 rings (SSSR count). The van der Waals surface area contributed by atoms with Crippen molar-refractivity contribution in [2.45, 2.75) is 32.4 Å². The molecule has 1 saturated heterocycles. The molecule has 1 fully saturated rings. The van der Waals surface area contributed by atoms with E-state index in [1.807, 2.05) is 19.1 Å². The Labute approximate surface area is 119 Å². The number of hydrogen-bond acceptors (Lipinski definition) is 4. The average molecular weight is 272 g/mol. The van der Waals surface area contributed by atoms with Crippen LogP contribution in [0.4, 0.5) is 0 Å². The van der Waals surface area contributed by atoms with Gasteiger partial charge < -0.3 is 10.2 Å². The average Bonchev–Trinajstić information content (AvgIpc) is 2.90. The molecule has 106 valence electrons. The Morgan fingerprint density at radius 3 is 3.10 bits per heavy atom. The molecule has 1 N–H and O–H groups in total. The van der Waals surface area contributed by atoms with E-state index in [1.165, 1.54) is 0 Å². The molecule has 2 heterocycles. The number of nitrogens with zero attached hydrogens (tertiary/aromatic N) is 3. The quantitative estimate of drug-likeness (QED) is 0.877. The molecule has 2 atom stereocenters. The maximum Gasteiger partial charge on any atom is 0.227 e. The molecule has 1 amide bonds. The highest BCUT2D eigenvalue weighted by Crippen LogP contribution is 2.19. The number of rotatable bonds is 5. The van der Waals surface area contributed by atoms with Gasteiger partial charge in [-0.2, -0.15) is 5.26 Å². The second-order valence-electron chi connectivity index (χ2n) is 5.17. The van der Waals surface area contributed by atoms with E-state index >= 15 is 0 Å². The third-order valence-corrected chi connectivity index (χ3v) is 3.74. The molecule has 5 nitrogen and oxygen atoms in total. The Morgan fingerprint density at radius 1 is 1.65 bits per heavy atom. The van der Waals surface area contributed by atoms with Gasteiger partial charge in [-0.3, -0.25) is 9.78 Å². The lowest BCUT2D eigenvalue weighted by molar-refractivity contribution is -0.136. The third kappa shape index (κ3) is 3.55. The number of aromatic nitrogens is 1. The van der Waals surface area contributed by atoms with E-state index in [9.17, 15) is 4.79 Å². The number of carbonyl (C=O) groups is 1. The molecule has 5 heteroatoms. The van der Waals surface area contributed by atoms with Crippen LogP contribution in [0.3, 0.4) is 0 Å². The molecule has 1 aromatic rings. The summed E-state index contributed by atoms with van der Waals surface area (Å²) in [6, 6.07) is 6.14. The maximum atomic E-state index is 12.6. The summed E-state index contributed by atoms with van der Waals surface area (Å²) in [5.74, 6) is 0.159. The number of hydrogen-bond donors (Lipinski definition) is 1. The van der Waals surface area contributed by atoms with Gasteiger partial charge in [0.2, 0.25) is 5.91 Å². The Bertz CT molecular complexity index is 482. The number of carbonyl (C=O) groups excluding carboxylic acids is 1. The van der Waals surface area contributed by atoms with E-state index in [1.54, 1.807) is 17.3 Å². The zero-order chi connectivity index (χ0) is 14.4. The van der Waals surface area contributed by atoms with Gasteiger partial charge in [0.05, 0.1) is 18.4 Å². The molecule has 0 bridgehead atoms. The minimum absolute atomic E-state index is 0.0189. The van der Waals surface area contributed by atoms with Crippen molar-refractivity contribution in [2.24, 2.45) is 5.92 Å². The third-order valence-electron chi connectivity index (χ3n) is 3.74. The van der Waals surface area contributed by atoms with Crippen LogP contribution in [0.1, 0.15) is 25.3 Å². The Balaban J connectivity index is 2.06. The zero-order valence-electron chi connectivity index (χ0n) is 11.7.